The second-order valence-corrected chi connectivity index (χ2v) is 6.74. The monoisotopic (exact) mass is 302 g/mol. The molecule has 0 unspecified atom stereocenters. The molecule has 2 aromatic carbocycles. The van der Waals surface area contributed by atoms with Crippen LogP contribution in [0.4, 0.5) is 0 Å². The molecule has 0 spiro atoms. The van der Waals surface area contributed by atoms with Crippen molar-refractivity contribution in [1.29, 1.82) is 0 Å². The van der Waals surface area contributed by atoms with Crippen molar-refractivity contribution in [3.05, 3.63) is 65.9 Å². The van der Waals surface area contributed by atoms with Gasteiger partial charge in [-0.05, 0) is 55.4 Å². The zero-order valence-corrected chi connectivity index (χ0v) is 13.8. The maximum Gasteiger partial charge on any atom is 0.0685 e. The largest absolute Gasteiger partial charge is 0.264 e. The lowest BCUT2D eigenvalue weighted by Crippen LogP contribution is -2.04. The van der Waals surface area contributed by atoms with Crippen molar-refractivity contribution < 1.29 is 0 Å². The summed E-state index contributed by atoms with van der Waals surface area (Å²) in [7, 11) is 0. The minimum absolute atomic E-state index is 0.833. The van der Waals surface area contributed by atoms with E-state index in [1.54, 1.807) is 0 Å². The third-order valence-electron chi connectivity index (χ3n) is 4.56. The molecule has 0 bridgehead atoms. The molecule has 0 N–H and O–H groups in total. The van der Waals surface area contributed by atoms with Crippen molar-refractivity contribution in [3.8, 4) is 22.4 Å². The predicted octanol–water partition coefficient (Wildman–Crippen LogP) is 5.24. The first-order valence-electron chi connectivity index (χ1n) is 8.41. The van der Waals surface area contributed by atoms with E-state index in [1.807, 2.05) is 0 Å². The van der Waals surface area contributed by atoms with Gasteiger partial charge in [0.2, 0.25) is 0 Å². The first kappa shape index (κ1) is 14.3. The van der Waals surface area contributed by atoms with Crippen molar-refractivity contribution in [3.63, 3.8) is 0 Å². The number of nitrogens with zero attached hydrogens (tertiary/aromatic N) is 2. The smallest absolute Gasteiger partial charge is 0.0685 e. The van der Waals surface area contributed by atoms with Gasteiger partial charge in [-0.15, -0.1) is 0 Å². The van der Waals surface area contributed by atoms with Crippen molar-refractivity contribution in [1.82, 2.24) is 9.78 Å². The Balaban J connectivity index is 1.65. The summed E-state index contributed by atoms with van der Waals surface area (Å²) in [4.78, 5) is 0. The standard InChI is InChI=1S/C21H22N2/c1-15-4-3-5-20(12-15)18-8-10-19(11-9-18)21-13-16(2)22-23(21)14-17-6-7-17/h3-5,8-13,17H,6-7,14H2,1-2H3. The highest BCUT2D eigenvalue weighted by Crippen LogP contribution is 2.33. The van der Waals surface area contributed by atoms with Crippen LogP contribution in [0.2, 0.25) is 0 Å². The Labute approximate surface area is 137 Å². The number of hydrogen-bond acceptors (Lipinski definition) is 1. The van der Waals surface area contributed by atoms with Gasteiger partial charge in [-0.3, -0.25) is 4.68 Å². The zero-order valence-electron chi connectivity index (χ0n) is 13.8. The first-order chi connectivity index (χ1) is 11.2. The van der Waals surface area contributed by atoms with E-state index in [0.717, 1.165) is 18.2 Å². The Hall–Kier alpha value is -2.35. The summed E-state index contributed by atoms with van der Waals surface area (Å²) in [6.07, 6.45) is 2.70. The molecule has 1 aliphatic rings. The van der Waals surface area contributed by atoms with E-state index < -0.39 is 0 Å². The Morgan fingerprint density at radius 2 is 1.65 bits per heavy atom. The number of hydrogen-bond donors (Lipinski definition) is 0. The highest BCUT2D eigenvalue weighted by atomic mass is 15.3. The Kier molecular flexibility index (Phi) is 3.53. The van der Waals surface area contributed by atoms with Crippen LogP contribution in [0, 0.1) is 19.8 Å². The van der Waals surface area contributed by atoms with Gasteiger partial charge in [0.05, 0.1) is 11.4 Å². The molecule has 0 atom stereocenters. The van der Waals surface area contributed by atoms with Crippen LogP contribution in [0.15, 0.2) is 54.6 Å². The molecule has 116 valence electrons. The van der Waals surface area contributed by atoms with Crippen LogP contribution in [0.3, 0.4) is 0 Å². The molecule has 1 fully saturated rings. The first-order valence-corrected chi connectivity index (χ1v) is 8.41. The van der Waals surface area contributed by atoms with Crippen LogP contribution in [0.25, 0.3) is 22.4 Å². The lowest BCUT2D eigenvalue weighted by molar-refractivity contribution is 0.565. The van der Waals surface area contributed by atoms with Crippen LogP contribution in [-0.2, 0) is 6.54 Å². The second kappa shape index (κ2) is 5.69. The molecule has 3 aromatic rings. The molecule has 1 saturated carbocycles. The molecule has 23 heavy (non-hydrogen) atoms. The van der Waals surface area contributed by atoms with E-state index in [2.05, 4.69) is 78.2 Å². The molecule has 2 heteroatoms. The fourth-order valence-electron chi connectivity index (χ4n) is 3.12. The normalized spacial score (nSPS) is 14.2. The molecule has 0 aliphatic heterocycles. The predicted molar refractivity (Wildman–Crippen MR) is 95.3 cm³/mol. The van der Waals surface area contributed by atoms with Crippen molar-refractivity contribution in [2.45, 2.75) is 33.2 Å². The molecular weight excluding hydrogens is 280 g/mol. The molecule has 1 aromatic heterocycles. The second-order valence-electron chi connectivity index (χ2n) is 6.74. The summed E-state index contributed by atoms with van der Waals surface area (Å²) in [6.45, 7) is 5.27. The van der Waals surface area contributed by atoms with Crippen LogP contribution in [0.5, 0.6) is 0 Å². The van der Waals surface area contributed by atoms with Crippen LogP contribution in [-0.4, -0.2) is 9.78 Å². The van der Waals surface area contributed by atoms with Gasteiger partial charge in [0.25, 0.3) is 0 Å². The summed E-state index contributed by atoms with van der Waals surface area (Å²) in [5.74, 6) is 0.833. The quantitative estimate of drug-likeness (QED) is 0.644. The van der Waals surface area contributed by atoms with Crippen LogP contribution < -0.4 is 0 Å². The minimum Gasteiger partial charge on any atom is -0.264 e. The highest BCUT2D eigenvalue weighted by Gasteiger charge is 2.23. The maximum atomic E-state index is 4.68. The van der Waals surface area contributed by atoms with Gasteiger partial charge in [0, 0.05) is 6.54 Å². The number of rotatable bonds is 4. The molecule has 0 amide bonds. The number of aromatic nitrogens is 2. The van der Waals surface area contributed by atoms with Crippen LogP contribution in [0.1, 0.15) is 24.1 Å². The highest BCUT2D eigenvalue weighted by molar-refractivity contribution is 5.69. The van der Waals surface area contributed by atoms with E-state index in [9.17, 15) is 0 Å². The third-order valence-corrected chi connectivity index (χ3v) is 4.56. The zero-order chi connectivity index (χ0) is 15.8. The van der Waals surface area contributed by atoms with E-state index in [-0.39, 0.29) is 0 Å². The molecule has 0 radical (unpaired) electrons. The average Bonchev–Trinajstić information content (AvgIpc) is 3.29. The van der Waals surface area contributed by atoms with Crippen LogP contribution >= 0.6 is 0 Å². The lowest BCUT2D eigenvalue weighted by atomic mass is 10.0. The number of benzene rings is 2. The van der Waals surface area contributed by atoms with Crippen molar-refractivity contribution in [2.24, 2.45) is 5.92 Å². The summed E-state index contributed by atoms with van der Waals surface area (Å²) in [5.41, 5.74) is 7.43. The van der Waals surface area contributed by atoms with Crippen molar-refractivity contribution in [2.75, 3.05) is 0 Å². The Morgan fingerprint density at radius 1 is 0.913 bits per heavy atom. The topological polar surface area (TPSA) is 17.8 Å². The summed E-state index contributed by atoms with van der Waals surface area (Å²) in [5, 5.41) is 4.68. The van der Waals surface area contributed by atoms with Gasteiger partial charge in [0.15, 0.2) is 0 Å². The summed E-state index contributed by atoms with van der Waals surface area (Å²) >= 11 is 0. The Bertz CT molecular complexity index is 823. The van der Waals surface area contributed by atoms with Gasteiger partial charge >= 0.3 is 0 Å². The number of aryl methyl sites for hydroxylation is 2. The molecule has 1 heterocycles. The van der Waals surface area contributed by atoms with Crippen molar-refractivity contribution >= 4 is 0 Å². The fourth-order valence-corrected chi connectivity index (χ4v) is 3.12. The summed E-state index contributed by atoms with van der Waals surface area (Å²) in [6, 6.07) is 19.7. The van der Waals surface area contributed by atoms with E-state index in [0.29, 0.717) is 0 Å². The van der Waals surface area contributed by atoms with E-state index in [4.69, 9.17) is 0 Å². The average molecular weight is 302 g/mol. The molecule has 1 aliphatic carbocycles. The molecule has 4 rings (SSSR count). The van der Waals surface area contributed by atoms with E-state index in [1.165, 1.54) is 40.8 Å². The third kappa shape index (κ3) is 3.07. The van der Waals surface area contributed by atoms with Gasteiger partial charge in [-0.1, -0.05) is 54.1 Å². The molecule has 2 nitrogen and oxygen atoms in total. The van der Waals surface area contributed by atoms with Gasteiger partial charge in [-0.2, -0.15) is 5.10 Å². The fraction of sp³-hybridized carbons (Fsp3) is 0.286. The van der Waals surface area contributed by atoms with Gasteiger partial charge in [-0.25, -0.2) is 0 Å². The molecular formula is C21H22N2. The SMILES string of the molecule is Cc1cccc(-c2ccc(-c3cc(C)nn3CC3CC3)cc2)c1. The van der Waals surface area contributed by atoms with E-state index >= 15 is 0 Å². The minimum atomic E-state index is 0.833. The van der Waals surface area contributed by atoms with Gasteiger partial charge in [0.1, 0.15) is 0 Å². The molecule has 0 saturated heterocycles. The van der Waals surface area contributed by atoms with Gasteiger partial charge < -0.3 is 0 Å². The Morgan fingerprint density at radius 3 is 2.35 bits per heavy atom. The lowest BCUT2D eigenvalue weighted by Gasteiger charge is -2.08. The summed E-state index contributed by atoms with van der Waals surface area (Å²) < 4.78 is 2.19. The maximum absolute atomic E-state index is 4.68.